The molecule has 0 unspecified atom stereocenters. The van der Waals surface area contributed by atoms with Crippen molar-refractivity contribution in [1.29, 1.82) is 5.26 Å². The third-order valence-electron chi connectivity index (χ3n) is 1.42. The van der Waals surface area contributed by atoms with Crippen LogP contribution in [0.1, 0.15) is 11.1 Å². The second-order valence-corrected chi connectivity index (χ2v) is 3.51. The average molecular weight is 246 g/mol. The van der Waals surface area contributed by atoms with E-state index in [1.807, 2.05) is 6.07 Å². The van der Waals surface area contributed by atoms with E-state index in [2.05, 4.69) is 15.9 Å². The van der Waals surface area contributed by atoms with Gasteiger partial charge in [-0.1, -0.05) is 27.5 Å². The van der Waals surface area contributed by atoms with Gasteiger partial charge in [0.1, 0.15) is 6.07 Å². The van der Waals surface area contributed by atoms with Crippen molar-refractivity contribution in [2.45, 2.75) is 6.61 Å². The SMILES string of the molecule is N#Cc1c(Cl)cc(Br)cc1CO. The van der Waals surface area contributed by atoms with Crippen LogP contribution in [0.15, 0.2) is 16.6 Å². The summed E-state index contributed by atoms with van der Waals surface area (Å²) in [4.78, 5) is 0. The van der Waals surface area contributed by atoms with Crippen molar-refractivity contribution in [2.75, 3.05) is 0 Å². The van der Waals surface area contributed by atoms with Crippen molar-refractivity contribution in [2.24, 2.45) is 0 Å². The number of rotatable bonds is 1. The van der Waals surface area contributed by atoms with Crippen molar-refractivity contribution < 1.29 is 5.11 Å². The van der Waals surface area contributed by atoms with Gasteiger partial charge in [-0.25, -0.2) is 0 Å². The standard InChI is InChI=1S/C8H5BrClNO/c9-6-1-5(4-12)7(3-11)8(10)2-6/h1-2,12H,4H2. The summed E-state index contributed by atoms with van der Waals surface area (Å²) >= 11 is 8.96. The van der Waals surface area contributed by atoms with Gasteiger partial charge in [-0.3, -0.25) is 0 Å². The Morgan fingerprint density at radius 1 is 1.58 bits per heavy atom. The Morgan fingerprint density at radius 2 is 2.25 bits per heavy atom. The summed E-state index contributed by atoms with van der Waals surface area (Å²) in [5.74, 6) is 0. The maximum atomic E-state index is 8.87. The van der Waals surface area contributed by atoms with E-state index in [0.29, 0.717) is 16.1 Å². The van der Waals surface area contributed by atoms with Crippen LogP contribution in [-0.2, 0) is 6.61 Å². The smallest absolute Gasteiger partial charge is 0.101 e. The molecule has 0 radical (unpaired) electrons. The van der Waals surface area contributed by atoms with Crippen LogP contribution in [0.4, 0.5) is 0 Å². The molecular formula is C8H5BrClNO. The lowest BCUT2D eigenvalue weighted by molar-refractivity contribution is 0.281. The molecular weight excluding hydrogens is 241 g/mol. The van der Waals surface area contributed by atoms with Gasteiger partial charge in [0.05, 0.1) is 17.2 Å². The van der Waals surface area contributed by atoms with E-state index in [1.165, 1.54) is 0 Å². The summed E-state index contributed by atoms with van der Waals surface area (Å²) in [6.07, 6.45) is 0. The third-order valence-corrected chi connectivity index (χ3v) is 2.17. The number of nitriles is 1. The van der Waals surface area contributed by atoms with E-state index < -0.39 is 0 Å². The topological polar surface area (TPSA) is 44.0 Å². The van der Waals surface area contributed by atoms with E-state index in [9.17, 15) is 0 Å². The molecule has 0 bridgehead atoms. The van der Waals surface area contributed by atoms with Crippen molar-refractivity contribution >= 4 is 27.5 Å². The van der Waals surface area contributed by atoms with Crippen molar-refractivity contribution in [3.63, 3.8) is 0 Å². The minimum atomic E-state index is -0.179. The fourth-order valence-corrected chi connectivity index (χ4v) is 1.80. The van der Waals surface area contributed by atoms with Gasteiger partial charge >= 0.3 is 0 Å². The molecule has 1 rings (SSSR count). The van der Waals surface area contributed by atoms with Crippen molar-refractivity contribution in [3.05, 3.63) is 32.8 Å². The lowest BCUT2D eigenvalue weighted by atomic mass is 10.1. The van der Waals surface area contributed by atoms with Crippen LogP contribution in [0.25, 0.3) is 0 Å². The molecule has 0 amide bonds. The van der Waals surface area contributed by atoms with Crippen molar-refractivity contribution in [1.82, 2.24) is 0 Å². The summed E-state index contributed by atoms with van der Waals surface area (Å²) in [6, 6.07) is 5.22. The molecule has 0 heterocycles. The summed E-state index contributed by atoms with van der Waals surface area (Å²) in [7, 11) is 0. The minimum Gasteiger partial charge on any atom is -0.392 e. The molecule has 4 heteroatoms. The fraction of sp³-hybridized carbons (Fsp3) is 0.125. The second-order valence-electron chi connectivity index (χ2n) is 2.19. The van der Waals surface area contributed by atoms with Gasteiger partial charge in [0.2, 0.25) is 0 Å². The highest BCUT2D eigenvalue weighted by Crippen LogP contribution is 2.24. The highest BCUT2D eigenvalue weighted by Gasteiger charge is 2.06. The first-order valence-electron chi connectivity index (χ1n) is 3.18. The molecule has 2 nitrogen and oxygen atoms in total. The Morgan fingerprint density at radius 3 is 2.75 bits per heavy atom. The zero-order valence-corrected chi connectivity index (χ0v) is 8.35. The molecule has 0 fully saturated rings. The van der Waals surface area contributed by atoms with Crippen LogP contribution >= 0.6 is 27.5 Å². The predicted molar refractivity (Wildman–Crippen MR) is 49.8 cm³/mol. The zero-order valence-electron chi connectivity index (χ0n) is 6.01. The second kappa shape index (κ2) is 3.90. The van der Waals surface area contributed by atoms with Gasteiger partial charge in [-0.2, -0.15) is 5.26 Å². The van der Waals surface area contributed by atoms with Gasteiger partial charge in [0.25, 0.3) is 0 Å². The highest BCUT2D eigenvalue weighted by molar-refractivity contribution is 9.10. The Labute approximate surface area is 83.5 Å². The predicted octanol–water partition coefficient (Wildman–Crippen LogP) is 2.47. The summed E-state index contributed by atoms with van der Waals surface area (Å²) in [6.45, 7) is -0.179. The number of benzene rings is 1. The van der Waals surface area contributed by atoms with Gasteiger partial charge in [-0.15, -0.1) is 0 Å². The van der Waals surface area contributed by atoms with E-state index in [-0.39, 0.29) is 6.61 Å². The number of halogens is 2. The number of hydrogen-bond donors (Lipinski definition) is 1. The molecule has 0 aliphatic carbocycles. The maximum absolute atomic E-state index is 8.87. The van der Waals surface area contributed by atoms with E-state index >= 15 is 0 Å². The summed E-state index contributed by atoms with van der Waals surface area (Å²) in [5.41, 5.74) is 0.874. The first kappa shape index (κ1) is 9.53. The molecule has 1 N–H and O–H groups in total. The molecule has 0 saturated heterocycles. The Bertz CT molecular complexity index is 346. The quantitative estimate of drug-likeness (QED) is 0.827. The first-order chi connectivity index (χ1) is 5.69. The fourth-order valence-electron chi connectivity index (χ4n) is 0.877. The number of nitrogens with zero attached hydrogens (tertiary/aromatic N) is 1. The van der Waals surface area contributed by atoms with Gasteiger partial charge in [-0.05, 0) is 17.7 Å². The highest BCUT2D eigenvalue weighted by atomic mass is 79.9. The normalized spacial score (nSPS) is 9.50. The number of aliphatic hydroxyl groups is 1. The van der Waals surface area contributed by atoms with Crippen LogP contribution < -0.4 is 0 Å². The lowest BCUT2D eigenvalue weighted by Crippen LogP contribution is -1.90. The van der Waals surface area contributed by atoms with Gasteiger partial charge in [0, 0.05) is 4.47 Å². The number of hydrogen-bond acceptors (Lipinski definition) is 2. The molecule has 0 saturated carbocycles. The van der Waals surface area contributed by atoms with Crippen LogP contribution in [-0.4, -0.2) is 5.11 Å². The van der Waals surface area contributed by atoms with Crippen LogP contribution in [0.2, 0.25) is 5.02 Å². The van der Waals surface area contributed by atoms with E-state index in [1.54, 1.807) is 12.1 Å². The summed E-state index contributed by atoms with van der Waals surface area (Å²) in [5, 5.41) is 17.9. The van der Waals surface area contributed by atoms with E-state index in [4.69, 9.17) is 22.0 Å². The van der Waals surface area contributed by atoms with Crippen molar-refractivity contribution in [3.8, 4) is 6.07 Å². The minimum absolute atomic E-state index is 0.179. The molecule has 62 valence electrons. The molecule has 0 aromatic heterocycles. The van der Waals surface area contributed by atoms with Crippen LogP contribution in [0.3, 0.4) is 0 Å². The van der Waals surface area contributed by atoms with Crippen LogP contribution in [0, 0.1) is 11.3 Å². The van der Waals surface area contributed by atoms with Crippen LogP contribution in [0.5, 0.6) is 0 Å². The molecule has 1 aromatic rings. The lowest BCUT2D eigenvalue weighted by Gasteiger charge is -2.02. The molecule has 0 spiro atoms. The van der Waals surface area contributed by atoms with E-state index in [0.717, 1.165) is 4.47 Å². The third kappa shape index (κ3) is 1.78. The maximum Gasteiger partial charge on any atom is 0.101 e. The summed E-state index contributed by atoms with van der Waals surface area (Å²) < 4.78 is 0.760. The monoisotopic (exact) mass is 245 g/mol. The molecule has 0 atom stereocenters. The molecule has 12 heavy (non-hydrogen) atoms. The Kier molecular flexibility index (Phi) is 3.10. The van der Waals surface area contributed by atoms with Gasteiger partial charge < -0.3 is 5.11 Å². The number of aliphatic hydroxyl groups excluding tert-OH is 1. The molecule has 0 aliphatic heterocycles. The largest absolute Gasteiger partial charge is 0.392 e. The zero-order chi connectivity index (χ0) is 9.14. The molecule has 0 aliphatic rings. The Balaban J connectivity index is 3.36. The molecule has 1 aromatic carbocycles. The average Bonchev–Trinajstić information content (AvgIpc) is 2.03. The van der Waals surface area contributed by atoms with Gasteiger partial charge in [0.15, 0.2) is 0 Å². The first-order valence-corrected chi connectivity index (χ1v) is 4.35. The Hall–Kier alpha value is -0.560.